The lowest BCUT2D eigenvalue weighted by Crippen LogP contribution is -2.37. The van der Waals surface area contributed by atoms with Crippen molar-refractivity contribution in [3.05, 3.63) is 102 Å². The molecule has 0 heterocycles. The molecule has 8 heteroatoms. The third kappa shape index (κ3) is 5.82. The Kier molecular flexibility index (Phi) is 7.70. The smallest absolute Gasteiger partial charge is 0.244 e. The summed E-state index contributed by atoms with van der Waals surface area (Å²) < 4.78 is 34.3. The number of ether oxygens (including phenoxy) is 1. The summed E-state index contributed by atoms with van der Waals surface area (Å²) in [5.74, 6) is 0.217. The summed E-state index contributed by atoms with van der Waals surface area (Å²) in [4.78, 5) is 13.1. The fraction of sp³-hybridized carbons (Fsp3) is 0.148. The van der Waals surface area contributed by atoms with Crippen LogP contribution in [0.1, 0.15) is 12.5 Å². The SMILES string of the molecule is CCOc1ccc(NC(=O)CN(Cc2ccccc2Cl)S(=O)(=O)c2cccc3ccccc23)cc1. The third-order valence-corrected chi connectivity index (χ3v) is 7.66. The Hall–Kier alpha value is -3.39. The molecule has 0 saturated heterocycles. The van der Waals surface area contributed by atoms with Crippen LogP contribution in [0, 0.1) is 0 Å². The fourth-order valence-corrected chi connectivity index (χ4v) is 5.55. The summed E-state index contributed by atoms with van der Waals surface area (Å²) in [6.45, 7) is 1.99. The van der Waals surface area contributed by atoms with Crippen molar-refractivity contribution in [3.63, 3.8) is 0 Å². The molecule has 4 aromatic rings. The van der Waals surface area contributed by atoms with Gasteiger partial charge < -0.3 is 10.1 Å². The molecule has 0 aliphatic carbocycles. The van der Waals surface area contributed by atoms with Crippen LogP contribution in [0.25, 0.3) is 10.8 Å². The monoisotopic (exact) mass is 508 g/mol. The number of hydrogen-bond donors (Lipinski definition) is 1. The highest BCUT2D eigenvalue weighted by Gasteiger charge is 2.29. The number of benzene rings is 4. The second-order valence-electron chi connectivity index (χ2n) is 7.85. The van der Waals surface area contributed by atoms with Gasteiger partial charge in [-0.25, -0.2) is 8.42 Å². The average Bonchev–Trinajstić information content (AvgIpc) is 2.86. The molecule has 0 atom stereocenters. The zero-order valence-corrected chi connectivity index (χ0v) is 20.7. The number of carbonyl (C=O) groups excluding carboxylic acids is 1. The van der Waals surface area contributed by atoms with Crippen LogP contribution in [0.3, 0.4) is 0 Å². The number of fused-ring (bicyclic) bond motifs is 1. The Morgan fingerprint density at radius 1 is 0.914 bits per heavy atom. The van der Waals surface area contributed by atoms with E-state index < -0.39 is 15.9 Å². The largest absolute Gasteiger partial charge is 0.494 e. The Morgan fingerprint density at radius 3 is 2.34 bits per heavy atom. The Balaban J connectivity index is 1.65. The Bertz CT molecular complexity index is 1430. The maximum Gasteiger partial charge on any atom is 0.244 e. The van der Waals surface area contributed by atoms with Crippen LogP contribution in [0.2, 0.25) is 5.02 Å². The molecule has 1 N–H and O–H groups in total. The van der Waals surface area contributed by atoms with Crippen LogP contribution >= 0.6 is 11.6 Å². The van der Waals surface area contributed by atoms with Crippen LogP contribution in [0.5, 0.6) is 5.75 Å². The first kappa shape index (κ1) is 24.7. The molecule has 180 valence electrons. The van der Waals surface area contributed by atoms with Gasteiger partial charge in [0.2, 0.25) is 15.9 Å². The highest BCUT2D eigenvalue weighted by molar-refractivity contribution is 7.89. The van der Waals surface area contributed by atoms with Gasteiger partial charge in [-0.2, -0.15) is 4.31 Å². The van der Waals surface area contributed by atoms with Crippen molar-refractivity contribution < 1.29 is 17.9 Å². The summed E-state index contributed by atoms with van der Waals surface area (Å²) in [7, 11) is -4.05. The first-order valence-corrected chi connectivity index (χ1v) is 12.9. The van der Waals surface area contributed by atoms with E-state index >= 15 is 0 Å². The Morgan fingerprint density at radius 2 is 1.60 bits per heavy atom. The van der Waals surface area contributed by atoms with Gasteiger partial charge >= 0.3 is 0 Å². The lowest BCUT2D eigenvalue weighted by Gasteiger charge is -2.23. The van der Waals surface area contributed by atoms with E-state index in [1.54, 1.807) is 72.8 Å². The van der Waals surface area contributed by atoms with Gasteiger partial charge in [0.1, 0.15) is 5.75 Å². The summed E-state index contributed by atoms with van der Waals surface area (Å²) in [6.07, 6.45) is 0. The fourth-order valence-electron chi connectivity index (χ4n) is 3.76. The Labute approximate surface area is 210 Å². The molecule has 0 spiro atoms. The van der Waals surface area contributed by atoms with E-state index in [-0.39, 0.29) is 18.0 Å². The molecule has 0 aromatic heterocycles. The average molecular weight is 509 g/mol. The van der Waals surface area contributed by atoms with E-state index in [1.165, 1.54) is 0 Å². The van der Waals surface area contributed by atoms with Crippen molar-refractivity contribution in [3.8, 4) is 5.75 Å². The van der Waals surface area contributed by atoms with Gasteiger partial charge in [0.15, 0.2) is 0 Å². The summed E-state index contributed by atoms with van der Waals surface area (Å²) in [5.41, 5.74) is 1.14. The molecular weight excluding hydrogens is 484 g/mol. The normalized spacial score (nSPS) is 11.5. The molecule has 35 heavy (non-hydrogen) atoms. The first-order chi connectivity index (χ1) is 16.9. The maximum atomic E-state index is 13.9. The van der Waals surface area contributed by atoms with Gasteiger partial charge in [-0.3, -0.25) is 4.79 Å². The number of sulfonamides is 1. The third-order valence-electron chi connectivity index (χ3n) is 5.44. The number of carbonyl (C=O) groups is 1. The number of nitrogens with one attached hydrogen (secondary N) is 1. The zero-order valence-electron chi connectivity index (χ0n) is 19.1. The quantitative estimate of drug-likeness (QED) is 0.313. The molecule has 0 saturated carbocycles. The van der Waals surface area contributed by atoms with Crippen LogP contribution < -0.4 is 10.1 Å². The van der Waals surface area contributed by atoms with Gasteiger partial charge in [0.05, 0.1) is 18.0 Å². The number of amides is 1. The molecule has 4 aromatic carbocycles. The number of nitrogens with zero attached hydrogens (tertiary/aromatic N) is 1. The van der Waals surface area contributed by atoms with Crippen molar-refractivity contribution in [1.82, 2.24) is 4.31 Å². The molecule has 0 radical (unpaired) electrons. The van der Waals surface area contributed by atoms with Crippen molar-refractivity contribution in [1.29, 1.82) is 0 Å². The van der Waals surface area contributed by atoms with E-state index in [4.69, 9.17) is 16.3 Å². The summed E-state index contributed by atoms with van der Waals surface area (Å²) in [5, 5.41) is 4.58. The number of rotatable bonds is 9. The summed E-state index contributed by atoms with van der Waals surface area (Å²) >= 11 is 6.33. The van der Waals surface area contributed by atoms with E-state index in [0.29, 0.717) is 34.0 Å². The van der Waals surface area contributed by atoms with Gasteiger partial charge in [-0.15, -0.1) is 0 Å². The zero-order chi connectivity index (χ0) is 24.8. The van der Waals surface area contributed by atoms with E-state index in [9.17, 15) is 13.2 Å². The van der Waals surface area contributed by atoms with Gasteiger partial charge in [-0.05, 0) is 54.3 Å². The van der Waals surface area contributed by atoms with Gasteiger partial charge in [-0.1, -0.05) is 66.2 Å². The van der Waals surface area contributed by atoms with Crippen LogP contribution in [-0.2, 0) is 21.4 Å². The molecule has 0 aliphatic rings. The van der Waals surface area contributed by atoms with Crippen LogP contribution in [0.15, 0.2) is 95.9 Å². The van der Waals surface area contributed by atoms with Crippen LogP contribution in [-0.4, -0.2) is 31.8 Å². The van der Waals surface area contributed by atoms with Gasteiger partial charge in [0, 0.05) is 22.6 Å². The minimum absolute atomic E-state index is 0.0536. The second kappa shape index (κ2) is 10.9. The first-order valence-electron chi connectivity index (χ1n) is 11.1. The van der Waals surface area contributed by atoms with E-state index in [1.807, 2.05) is 25.1 Å². The standard InChI is InChI=1S/C27H25ClN2O4S/c1-2-34-23-16-14-22(15-17-23)29-27(31)19-30(18-21-9-4-6-12-25(21)28)35(32,33)26-13-7-10-20-8-3-5-11-24(20)26/h3-17H,2,18-19H2,1H3,(H,29,31). The predicted octanol–water partition coefficient (Wildman–Crippen LogP) is 5.72. The van der Waals surface area contributed by atoms with Crippen molar-refractivity contribution >= 4 is 44.0 Å². The lowest BCUT2D eigenvalue weighted by atomic mass is 10.1. The molecule has 6 nitrogen and oxygen atoms in total. The number of anilines is 1. The lowest BCUT2D eigenvalue weighted by molar-refractivity contribution is -0.116. The predicted molar refractivity (Wildman–Crippen MR) is 139 cm³/mol. The molecule has 4 rings (SSSR count). The van der Waals surface area contributed by atoms with Gasteiger partial charge in [0.25, 0.3) is 0 Å². The molecule has 0 bridgehead atoms. The van der Waals surface area contributed by atoms with Crippen LogP contribution in [0.4, 0.5) is 5.69 Å². The summed E-state index contributed by atoms with van der Waals surface area (Å²) in [6, 6.07) is 26.3. The van der Waals surface area contributed by atoms with E-state index in [2.05, 4.69) is 5.32 Å². The molecule has 0 unspecified atom stereocenters. The number of halogens is 1. The molecular formula is C27H25ClN2O4S. The molecule has 1 amide bonds. The van der Waals surface area contributed by atoms with E-state index in [0.717, 1.165) is 9.69 Å². The highest BCUT2D eigenvalue weighted by Crippen LogP contribution is 2.28. The minimum atomic E-state index is -4.05. The number of hydrogen-bond acceptors (Lipinski definition) is 4. The van der Waals surface area contributed by atoms with Crippen molar-refractivity contribution in [2.24, 2.45) is 0 Å². The molecule has 0 fully saturated rings. The second-order valence-corrected chi connectivity index (χ2v) is 10.2. The van der Waals surface area contributed by atoms with Crippen molar-refractivity contribution in [2.45, 2.75) is 18.4 Å². The highest BCUT2D eigenvalue weighted by atomic mass is 35.5. The molecule has 0 aliphatic heterocycles. The topological polar surface area (TPSA) is 75.7 Å². The van der Waals surface area contributed by atoms with Crippen molar-refractivity contribution in [2.75, 3.05) is 18.5 Å². The maximum absolute atomic E-state index is 13.9. The minimum Gasteiger partial charge on any atom is -0.494 e.